The molecule has 0 bridgehead atoms. The average Bonchev–Trinajstić information content (AvgIpc) is 2.56. The standard InChI is InChI=1S/C18H18O5/c1-11-6-5-7-14(12(11)2)18(20)23-15-9-8-13(17(19)22-4)10-16(15)21-3/h5-10H,1-4H3. The number of benzene rings is 2. The highest BCUT2D eigenvalue weighted by molar-refractivity contribution is 5.94. The molecule has 0 spiro atoms. The monoisotopic (exact) mass is 314 g/mol. The fraction of sp³-hybridized carbons (Fsp3) is 0.222. The molecule has 0 aliphatic heterocycles. The molecule has 0 radical (unpaired) electrons. The molecule has 2 aromatic carbocycles. The number of methoxy groups -OCH3 is 2. The summed E-state index contributed by atoms with van der Waals surface area (Å²) in [6.45, 7) is 3.79. The second kappa shape index (κ2) is 6.96. The van der Waals surface area contributed by atoms with Crippen LogP contribution in [0.2, 0.25) is 0 Å². The number of esters is 2. The predicted molar refractivity (Wildman–Crippen MR) is 85.2 cm³/mol. The fourth-order valence-electron chi connectivity index (χ4n) is 2.12. The second-order valence-electron chi connectivity index (χ2n) is 4.99. The van der Waals surface area contributed by atoms with Gasteiger partial charge in [-0.15, -0.1) is 0 Å². The number of aryl methyl sites for hydroxylation is 1. The van der Waals surface area contributed by atoms with Crippen LogP contribution >= 0.6 is 0 Å². The van der Waals surface area contributed by atoms with Crippen molar-refractivity contribution in [3.63, 3.8) is 0 Å². The van der Waals surface area contributed by atoms with E-state index in [-0.39, 0.29) is 11.5 Å². The van der Waals surface area contributed by atoms with E-state index in [2.05, 4.69) is 4.74 Å². The van der Waals surface area contributed by atoms with Crippen LogP contribution in [0.15, 0.2) is 36.4 Å². The van der Waals surface area contributed by atoms with Crippen molar-refractivity contribution >= 4 is 11.9 Å². The van der Waals surface area contributed by atoms with Crippen molar-refractivity contribution in [2.24, 2.45) is 0 Å². The van der Waals surface area contributed by atoms with Crippen LogP contribution in [0.5, 0.6) is 11.5 Å². The highest BCUT2D eigenvalue weighted by atomic mass is 16.6. The van der Waals surface area contributed by atoms with Crippen molar-refractivity contribution in [2.75, 3.05) is 14.2 Å². The molecule has 0 N–H and O–H groups in total. The lowest BCUT2D eigenvalue weighted by Crippen LogP contribution is -2.12. The maximum Gasteiger partial charge on any atom is 0.343 e. The van der Waals surface area contributed by atoms with Crippen LogP contribution in [-0.2, 0) is 4.74 Å². The highest BCUT2D eigenvalue weighted by Gasteiger charge is 2.17. The van der Waals surface area contributed by atoms with Crippen LogP contribution in [0.4, 0.5) is 0 Å². The summed E-state index contributed by atoms with van der Waals surface area (Å²) in [4.78, 5) is 23.9. The minimum atomic E-state index is -0.490. The van der Waals surface area contributed by atoms with Crippen molar-refractivity contribution < 1.29 is 23.8 Å². The fourth-order valence-corrected chi connectivity index (χ4v) is 2.12. The number of ether oxygens (including phenoxy) is 3. The van der Waals surface area contributed by atoms with E-state index < -0.39 is 11.9 Å². The average molecular weight is 314 g/mol. The van der Waals surface area contributed by atoms with Crippen molar-refractivity contribution in [1.82, 2.24) is 0 Å². The predicted octanol–water partition coefficient (Wildman–Crippen LogP) is 3.32. The van der Waals surface area contributed by atoms with Gasteiger partial charge in [0.05, 0.1) is 25.3 Å². The molecule has 0 fully saturated rings. The summed E-state index contributed by atoms with van der Waals surface area (Å²) in [5.74, 6) is -0.441. The Bertz CT molecular complexity index is 749. The number of hydrogen-bond acceptors (Lipinski definition) is 5. The van der Waals surface area contributed by atoms with Gasteiger partial charge in [0.1, 0.15) is 0 Å². The maximum absolute atomic E-state index is 12.4. The third-order valence-corrected chi connectivity index (χ3v) is 3.61. The van der Waals surface area contributed by atoms with Crippen LogP contribution in [-0.4, -0.2) is 26.2 Å². The lowest BCUT2D eigenvalue weighted by atomic mass is 10.0. The Labute approximate surface area is 134 Å². The number of rotatable bonds is 4. The molecule has 0 unspecified atom stereocenters. The lowest BCUT2D eigenvalue weighted by Gasteiger charge is -2.12. The Hall–Kier alpha value is -2.82. The van der Waals surface area contributed by atoms with E-state index in [4.69, 9.17) is 9.47 Å². The molecule has 120 valence electrons. The number of hydrogen-bond donors (Lipinski definition) is 0. The van der Waals surface area contributed by atoms with Gasteiger partial charge in [-0.1, -0.05) is 12.1 Å². The number of carbonyl (C=O) groups excluding carboxylic acids is 2. The summed E-state index contributed by atoms with van der Waals surface area (Å²) in [5, 5.41) is 0. The Morgan fingerprint density at radius 3 is 2.30 bits per heavy atom. The molecule has 2 aromatic rings. The quantitative estimate of drug-likeness (QED) is 0.640. The van der Waals surface area contributed by atoms with Crippen LogP contribution in [0.1, 0.15) is 31.8 Å². The van der Waals surface area contributed by atoms with Gasteiger partial charge in [0.2, 0.25) is 0 Å². The van der Waals surface area contributed by atoms with E-state index in [0.717, 1.165) is 11.1 Å². The molecular weight excluding hydrogens is 296 g/mol. The molecule has 0 amide bonds. The Kier molecular flexibility index (Phi) is 5.01. The van der Waals surface area contributed by atoms with Crippen LogP contribution in [0.3, 0.4) is 0 Å². The van der Waals surface area contributed by atoms with Crippen LogP contribution in [0, 0.1) is 13.8 Å². The first-order chi connectivity index (χ1) is 11.0. The first-order valence-electron chi connectivity index (χ1n) is 7.02. The first-order valence-corrected chi connectivity index (χ1v) is 7.02. The zero-order chi connectivity index (χ0) is 17.0. The molecule has 0 saturated heterocycles. The third-order valence-electron chi connectivity index (χ3n) is 3.61. The van der Waals surface area contributed by atoms with Crippen molar-refractivity contribution in [3.05, 3.63) is 58.7 Å². The minimum Gasteiger partial charge on any atom is -0.493 e. The van der Waals surface area contributed by atoms with Gasteiger partial charge in [-0.05, 0) is 49.2 Å². The molecule has 5 heteroatoms. The zero-order valence-corrected chi connectivity index (χ0v) is 13.5. The van der Waals surface area contributed by atoms with E-state index in [0.29, 0.717) is 11.1 Å². The first kappa shape index (κ1) is 16.5. The van der Waals surface area contributed by atoms with Gasteiger partial charge in [-0.25, -0.2) is 9.59 Å². The highest BCUT2D eigenvalue weighted by Crippen LogP contribution is 2.29. The van der Waals surface area contributed by atoms with E-state index in [1.54, 1.807) is 12.1 Å². The van der Waals surface area contributed by atoms with Crippen LogP contribution < -0.4 is 9.47 Å². The van der Waals surface area contributed by atoms with Gasteiger partial charge in [0.25, 0.3) is 0 Å². The molecule has 0 heterocycles. The minimum absolute atomic E-state index is 0.242. The summed E-state index contributed by atoms with van der Waals surface area (Å²) in [5.41, 5.74) is 2.68. The molecule has 0 saturated carbocycles. The topological polar surface area (TPSA) is 61.8 Å². The molecule has 0 aromatic heterocycles. The zero-order valence-electron chi connectivity index (χ0n) is 13.5. The summed E-state index contributed by atoms with van der Waals surface area (Å²) in [6, 6.07) is 9.93. The smallest absolute Gasteiger partial charge is 0.343 e. The van der Waals surface area contributed by atoms with E-state index >= 15 is 0 Å². The van der Waals surface area contributed by atoms with Gasteiger partial charge in [-0.2, -0.15) is 0 Å². The maximum atomic E-state index is 12.4. The molecule has 0 atom stereocenters. The molecule has 0 aliphatic carbocycles. The Morgan fingerprint density at radius 1 is 0.913 bits per heavy atom. The van der Waals surface area contributed by atoms with Crippen molar-refractivity contribution in [2.45, 2.75) is 13.8 Å². The Balaban J connectivity index is 2.30. The van der Waals surface area contributed by atoms with Crippen molar-refractivity contribution in [1.29, 1.82) is 0 Å². The van der Waals surface area contributed by atoms with Crippen LogP contribution in [0.25, 0.3) is 0 Å². The van der Waals surface area contributed by atoms with Crippen molar-refractivity contribution in [3.8, 4) is 11.5 Å². The molecule has 0 aliphatic rings. The molecule has 5 nitrogen and oxygen atoms in total. The third kappa shape index (κ3) is 3.51. The number of carbonyl (C=O) groups is 2. The summed E-state index contributed by atoms with van der Waals surface area (Å²) < 4.78 is 15.2. The largest absolute Gasteiger partial charge is 0.493 e. The Morgan fingerprint density at radius 2 is 1.65 bits per heavy atom. The molecular formula is C18H18O5. The summed E-state index contributed by atoms with van der Waals surface area (Å²) in [6.07, 6.45) is 0. The van der Waals surface area contributed by atoms with Gasteiger partial charge >= 0.3 is 11.9 Å². The lowest BCUT2D eigenvalue weighted by molar-refractivity contribution is 0.0600. The molecule has 23 heavy (non-hydrogen) atoms. The van der Waals surface area contributed by atoms with Gasteiger partial charge < -0.3 is 14.2 Å². The van der Waals surface area contributed by atoms with E-state index in [1.165, 1.54) is 32.4 Å². The van der Waals surface area contributed by atoms with Gasteiger partial charge in [0, 0.05) is 0 Å². The second-order valence-corrected chi connectivity index (χ2v) is 4.99. The van der Waals surface area contributed by atoms with E-state index in [1.807, 2.05) is 19.9 Å². The SMILES string of the molecule is COC(=O)c1ccc(OC(=O)c2cccc(C)c2C)c(OC)c1. The van der Waals surface area contributed by atoms with Gasteiger partial charge in [0.15, 0.2) is 11.5 Å². The summed E-state index contributed by atoms with van der Waals surface area (Å²) >= 11 is 0. The van der Waals surface area contributed by atoms with Gasteiger partial charge in [-0.3, -0.25) is 0 Å². The van der Waals surface area contributed by atoms with E-state index in [9.17, 15) is 9.59 Å². The summed E-state index contributed by atoms with van der Waals surface area (Å²) in [7, 11) is 2.73. The normalized spacial score (nSPS) is 10.1. The molecule has 2 rings (SSSR count).